The Hall–Kier alpha value is -3.97. The molecule has 1 fully saturated rings. The van der Waals surface area contributed by atoms with Gasteiger partial charge in [-0.1, -0.05) is 60.7 Å². The molecule has 3 aromatic carbocycles. The first-order chi connectivity index (χ1) is 18.8. The van der Waals surface area contributed by atoms with Gasteiger partial charge in [0, 0.05) is 17.0 Å². The molecule has 0 saturated heterocycles. The number of fused-ring (bicyclic) bond motifs is 4. The van der Waals surface area contributed by atoms with Crippen molar-refractivity contribution in [3.63, 3.8) is 0 Å². The highest BCUT2D eigenvalue weighted by molar-refractivity contribution is 6.13. The Kier molecular flexibility index (Phi) is 5.59. The van der Waals surface area contributed by atoms with E-state index in [0.717, 1.165) is 5.56 Å². The third-order valence-electron chi connectivity index (χ3n) is 9.14. The van der Waals surface area contributed by atoms with Crippen LogP contribution in [0.25, 0.3) is 0 Å². The topological polar surface area (TPSA) is 110 Å². The third-order valence-corrected chi connectivity index (χ3v) is 9.14. The molecule has 206 valence electrons. The summed E-state index contributed by atoms with van der Waals surface area (Å²) >= 11 is 0. The van der Waals surface area contributed by atoms with Gasteiger partial charge in [0.15, 0.2) is 17.3 Å². The van der Waals surface area contributed by atoms with E-state index in [-0.39, 0.29) is 40.6 Å². The van der Waals surface area contributed by atoms with Crippen LogP contribution in [0.15, 0.2) is 60.7 Å². The third kappa shape index (κ3) is 3.30. The normalized spacial score (nSPS) is 28.1. The molecule has 0 radical (unpaired) electrons. The molecule has 0 bridgehead atoms. The molecule has 0 unspecified atom stereocenters. The fraction of sp³-hybridized carbons (Fsp3) is 0.364. The standard InChI is InChI=1S/C33H32O7/c1-17-26(35)23-20(34)16-21(18-12-8-6-9-13-18)39-28(23)24-22(19-14-10-7-11-15-19)25-29(36)31(2,3)30(37)32(4,5)33(25,38)40-27(17)24/h6-15,21-22,25,35,38H,16H2,1-5H3/t21-,22-,25-,33+/m0/s1. The SMILES string of the molecule is Cc1c(O)c2c(c3c1O[C@]1(O)[C@H](C(=O)C(C)(C)C(=O)C1(C)C)[C@H]3c1ccccc1)O[C@H](c1ccccc1)CC2=O. The number of rotatable bonds is 2. The summed E-state index contributed by atoms with van der Waals surface area (Å²) < 4.78 is 12.9. The predicted octanol–water partition coefficient (Wildman–Crippen LogP) is 5.44. The number of phenols is 1. The second kappa shape index (κ2) is 8.51. The number of hydrogen-bond acceptors (Lipinski definition) is 7. The van der Waals surface area contributed by atoms with Crippen LogP contribution in [0.4, 0.5) is 0 Å². The smallest absolute Gasteiger partial charge is 0.231 e. The van der Waals surface area contributed by atoms with E-state index in [1.54, 1.807) is 34.6 Å². The fourth-order valence-electron chi connectivity index (χ4n) is 6.87. The Bertz CT molecular complexity index is 1570. The molecule has 2 N–H and O–H groups in total. The lowest BCUT2D eigenvalue weighted by molar-refractivity contribution is -0.260. The lowest BCUT2D eigenvalue weighted by atomic mass is 9.51. The number of Topliss-reactive ketones (excluding diaryl/α,β-unsaturated/α-hetero) is 3. The van der Waals surface area contributed by atoms with Crippen molar-refractivity contribution in [1.82, 2.24) is 0 Å². The highest BCUT2D eigenvalue weighted by Gasteiger charge is 2.71. The molecule has 40 heavy (non-hydrogen) atoms. The molecule has 3 aliphatic rings. The molecule has 1 saturated carbocycles. The monoisotopic (exact) mass is 540 g/mol. The van der Waals surface area contributed by atoms with E-state index in [4.69, 9.17) is 9.47 Å². The van der Waals surface area contributed by atoms with Gasteiger partial charge < -0.3 is 19.7 Å². The van der Waals surface area contributed by atoms with Crippen molar-refractivity contribution in [3.05, 3.63) is 88.5 Å². The largest absolute Gasteiger partial charge is 0.507 e. The summed E-state index contributed by atoms with van der Waals surface area (Å²) in [6.07, 6.45) is -0.596. The van der Waals surface area contributed by atoms with E-state index in [2.05, 4.69) is 0 Å². The van der Waals surface area contributed by atoms with Gasteiger partial charge >= 0.3 is 0 Å². The second-order valence-electron chi connectivity index (χ2n) is 12.2. The summed E-state index contributed by atoms with van der Waals surface area (Å²) in [6.45, 7) is 7.94. The number of aromatic hydroxyl groups is 1. The first kappa shape index (κ1) is 26.3. The van der Waals surface area contributed by atoms with Crippen molar-refractivity contribution in [2.75, 3.05) is 0 Å². The van der Waals surface area contributed by atoms with E-state index in [1.165, 1.54) is 0 Å². The van der Waals surface area contributed by atoms with E-state index < -0.39 is 46.1 Å². The Morgan fingerprint density at radius 3 is 2.02 bits per heavy atom. The van der Waals surface area contributed by atoms with Gasteiger partial charge in [-0.25, -0.2) is 0 Å². The Balaban J connectivity index is 1.69. The number of phenolic OH excluding ortho intramolecular Hbond substituents is 1. The van der Waals surface area contributed by atoms with Crippen molar-refractivity contribution < 1.29 is 34.1 Å². The Morgan fingerprint density at radius 1 is 0.850 bits per heavy atom. The van der Waals surface area contributed by atoms with Gasteiger partial charge in [-0.3, -0.25) is 14.4 Å². The number of carbonyl (C=O) groups is 3. The number of ether oxygens (including phenoxy) is 2. The van der Waals surface area contributed by atoms with E-state index in [1.807, 2.05) is 60.7 Å². The van der Waals surface area contributed by atoms with Crippen molar-refractivity contribution in [3.8, 4) is 17.2 Å². The van der Waals surface area contributed by atoms with Crippen LogP contribution in [0.5, 0.6) is 17.2 Å². The van der Waals surface area contributed by atoms with Crippen LogP contribution < -0.4 is 9.47 Å². The average molecular weight is 541 g/mol. The second-order valence-corrected chi connectivity index (χ2v) is 12.2. The van der Waals surface area contributed by atoms with E-state index in [9.17, 15) is 24.6 Å². The van der Waals surface area contributed by atoms with Gasteiger partial charge in [0.25, 0.3) is 0 Å². The summed E-state index contributed by atoms with van der Waals surface area (Å²) in [5, 5.41) is 23.6. The lowest BCUT2D eigenvalue weighted by Gasteiger charge is -2.57. The first-order valence-electron chi connectivity index (χ1n) is 13.5. The minimum Gasteiger partial charge on any atom is -0.507 e. The van der Waals surface area contributed by atoms with Gasteiger partial charge in [-0.05, 0) is 45.7 Å². The highest BCUT2D eigenvalue weighted by Crippen LogP contribution is 2.63. The summed E-state index contributed by atoms with van der Waals surface area (Å²) in [4.78, 5) is 41.5. The van der Waals surface area contributed by atoms with Crippen LogP contribution in [0.2, 0.25) is 0 Å². The molecular weight excluding hydrogens is 508 g/mol. The Labute approximate surface area is 232 Å². The number of ketones is 3. The van der Waals surface area contributed by atoms with Gasteiger partial charge in [-0.15, -0.1) is 0 Å². The fourth-order valence-corrected chi connectivity index (χ4v) is 6.87. The zero-order valence-corrected chi connectivity index (χ0v) is 23.1. The number of aliphatic hydroxyl groups is 1. The first-order valence-corrected chi connectivity index (χ1v) is 13.5. The van der Waals surface area contributed by atoms with Gasteiger partial charge in [0.1, 0.15) is 28.9 Å². The van der Waals surface area contributed by atoms with Gasteiger partial charge in [0.2, 0.25) is 5.79 Å². The molecule has 0 amide bonds. The molecular formula is C33H32O7. The molecule has 0 aromatic heterocycles. The quantitative estimate of drug-likeness (QED) is 0.417. The molecule has 2 aliphatic heterocycles. The van der Waals surface area contributed by atoms with E-state index in [0.29, 0.717) is 11.1 Å². The molecule has 1 aliphatic carbocycles. The summed E-state index contributed by atoms with van der Waals surface area (Å²) in [7, 11) is 0. The van der Waals surface area contributed by atoms with Crippen molar-refractivity contribution >= 4 is 17.3 Å². The average Bonchev–Trinajstić information content (AvgIpc) is 2.94. The molecule has 6 rings (SSSR count). The lowest BCUT2D eigenvalue weighted by Crippen LogP contribution is -2.71. The number of carbonyl (C=O) groups excluding carboxylic acids is 3. The maximum absolute atomic E-state index is 14.2. The zero-order valence-electron chi connectivity index (χ0n) is 23.1. The predicted molar refractivity (Wildman–Crippen MR) is 147 cm³/mol. The zero-order chi connectivity index (χ0) is 28.8. The summed E-state index contributed by atoms with van der Waals surface area (Å²) in [6, 6.07) is 18.5. The van der Waals surface area contributed by atoms with Crippen molar-refractivity contribution in [1.29, 1.82) is 0 Å². The summed E-state index contributed by atoms with van der Waals surface area (Å²) in [5.74, 6) is -5.50. The van der Waals surface area contributed by atoms with Crippen LogP contribution in [0.1, 0.15) is 78.7 Å². The van der Waals surface area contributed by atoms with Crippen LogP contribution in [-0.2, 0) is 9.59 Å². The molecule has 3 aromatic rings. The van der Waals surface area contributed by atoms with Crippen LogP contribution in [0.3, 0.4) is 0 Å². The maximum atomic E-state index is 14.2. The number of benzene rings is 3. The van der Waals surface area contributed by atoms with Crippen LogP contribution in [0, 0.1) is 23.7 Å². The van der Waals surface area contributed by atoms with Gasteiger partial charge in [-0.2, -0.15) is 0 Å². The maximum Gasteiger partial charge on any atom is 0.231 e. The van der Waals surface area contributed by atoms with Crippen molar-refractivity contribution in [2.24, 2.45) is 16.7 Å². The minimum atomic E-state index is -2.23. The van der Waals surface area contributed by atoms with Crippen LogP contribution >= 0.6 is 0 Å². The molecule has 0 spiro atoms. The van der Waals surface area contributed by atoms with E-state index >= 15 is 0 Å². The Morgan fingerprint density at radius 2 is 1.43 bits per heavy atom. The highest BCUT2D eigenvalue weighted by atomic mass is 16.6. The van der Waals surface area contributed by atoms with Crippen LogP contribution in [-0.4, -0.2) is 33.3 Å². The molecule has 7 nitrogen and oxygen atoms in total. The molecule has 4 atom stereocenters. The number of hydrogen-bond donors (Lipinski definition) is 2. The molecule has 2 heterocycles. The van der Waals surface area contributed by atoms with Gasteiger partial charge in [0.05, 0.1) is 23.2 Å². The van der Waals surface area contributed by atoms with Crippen molar-refractivity contribution in [2.45, 2.75) is 58.8 Å². The summed E-state index contributed by atoms with van der Waals surface area (Å²) in [5.41, 5.74) is -0.718. The minimum absolute atomic E-state index is 0.0283. The molecule has 7 heteroatoms.